The molecule has 0 saturated heterocycles. The van der Waals surface area contributed by atoms with Crippen LogP contribution in [-0.4, -0.2) is 40.2 Å². The van der Waals surface area contributed by atoms with Gasteiger partial charge in [0.1, 0.15) is 18.0 Å². The fourth-order valence-corrected chi connectivity index (χ4v) is 4.57. The number of halogens is 2. The van der Waals surface area contributed by atoms with E-state index in [1.807, 2.05) is 0 Å². The van der Waals surface area contributed by atoms with Crippen LogP contribution in [0.4, 0.5) is 0 Å². The number of carbonyl (C=O) groups is 2. The van der Waals surface area contributed by atoms with Gasteiger partial charge in [-0.25, -0.2) is 0 Å². The topological polar surface area (TPSA) is 133 Å². The number of aromatic hydroxyl groups is 1. The summed E-state index contributed by atoms with van der Waals surface area (Å²) in [5.74, 6) is -1.73. The number of carbonyl (C=O) groups excluding carboxylic acids is 1. The first-order valence-electron chi connectivity index (χ1n) is 7.74. The van der Waals surface area contributed by atoms with Crippen molar-refractivity contribution in [2.24, 2.45) is 0 Å². The van der Waals surface area contributed by atoms with Crippen LogP contribution in [0.25, 0.3) is 0 Å². The van der Waals surface area contributed by atoms with Gasteiger partial charge >= 0.3 is 5.97 Å². The molecule has 11 heteroatoms. The normalized spacial score (nSPS) is 12.9. The van der Waals surface area contributed by atoms with Crippen LogP contribution < -0.4 is 10.1 Å². The highest BCUT2D eigenvalue weighted by Gasteiger charge is 2.18. The maximum atomic E-state index is 12.0. The quantitative estimate of drug-likeness (QED) is 0.394. The van der Waals surface area contributed by atoms with Gasteiger partial charge in [0.05, 0.1) is 14.5 Å². The Morgan fingerprint density at radius 3 is 2.32 bits per heavy atom. The summed E-state index contributed by atoms with van der Waals surface area (Å²) in [7, 11) is -3.24. The molecule has 0 aliphatic heterocycles. The molecule has 1 amide bonds. The van der Waals surface area contributed by atoms with Crippen molar-refractivity contribution in [1.82, 2.24) is 5.32 Å². The molecule has 4 N–H and O–H groups in total. The molecular weight excluding hydrogens is 521 g/mol. The average molecular weight is 537 g/mol. The highest BCUT2D eigenvalue weighted by atomic mass is 79.9. The summed E-state index contributed by atoms with van der Waals surface area (Å²) in [5, 5.41) is 20.7. The summed E-state index contributed by atoms with van der Waals surface area (Å²) in [6, 6.07) is 7.25. The van der Waals surface area contributed by atoms with Gasteiger partial charge in [-0.3, -0.25) is 14.2 Å². The number of phenolic OH excluding ortho intramolecular Hbond substituents is 1. The number of carboxylic acid groups (broad SMARTS) is 1. The molecule has 2 rings (SSSR count). The van der Waals surface area contributed by atoms with E-state index in [4.69, 9.17) is 9.84 Å². The molecule has 0 aliphatic carbocycles. The monoisotopic (exact) mass is 535 g/mol. The first kappa shape index (κ1) is 22.4. The van der Waals surface area contributed by atoms with Gasteiger partial charge in [-0.1, -0.05) is 0 Å². The number of nitrogens with one attached hydrogen (secondary N) is 1. The second kappa shape index (κ2) is 9.09. The number of hydrogen-bond acceptors (Lipinski definition) is 5. The van der Waals surface area contributed by atoms with Gasteiger partial charge in [0.25, 0.3) is 5.91 Å². The van der Waals surface area contributed by atoms with Crippen LogP contribution in [0.5, 0.6) is 17.2 Å². The number of phenols is 1. The molecular formula is C17H16Br2NO7P. The summed E-state index contributed by atoms with van der Waals surface area (Å²) >= 11 is 6.69. The minimum atomic E-state index is -3.24. The van der Waals surface area contributed by atoms with E-state index in [-0.39, 0.29) is 23.2 Å². The van der Waals surface area contributed by atoms with E-state index in [1.54, 1.807) is 12.1 Å². The number of hydrogen-bond donors (Lipinski definition) is 4. The Balaban J connectivity index is 2.28. The molecule has 28 heavy (non-hydrogen) atoms. The first-order valence-corrected chi connectivity index (χ1v) is 11.6. The number of aliphatic carboxylic acids is 1. The molecule has 1 atom stereocenters. The van der Waals surface area contributed by atoms with Gasteiger partial charge in [-0.05, 0) is 67.8 Å². The zero-order valence-corrected chi connectivity index (χ0v) is 18.5. The van der Waals surface area contributed by atoms with Crippen molar-refractivity contribution in [2.45, 2.75) is 6.16 Å². The smallest absolute Gasteiger partial charge is 0.322 e. The number of amides is 1. The third-order valence-electron chi connectivity index (χ3n) is 3.37. The molecule has 0 aromatic heterocycles. The predicted octanol–water partition coefficient (Wildman–Crippen LogP) is 3.92. The molecule has 0 bridgehead atoms. The minimum Gasteiger partial charge on any atom is -0.507 e. The maximum absolute atomic E-state index is 12.0. The summed E-state index contributed by atoms with van der Waals surface area (Å²) in [6.45, 7) is 0.681. The highest BCUT2D eigenvalue weighted by Crippen LogP contribution is 2.44. The van der Waals surface area contributed by atoms with Crippen LogP contribution >= 0.6 is 39.2 Å². The highest BCUT2D eigenvalue weighted by molar-refractivity contribution is 9.11. The molecule has 2 aromatic carbocycles. The zero-order valence-electron chi connectivity index (χ0n) is 14.5. The van der Waals surface area contributed by atoms with Gasteiger partial charge in [-0.2, -0.15) is 0 Å². The number of rotatable bonds is 7. The Morgan fingerprint density at radius 1 is 1.18 bits per heavy atom. The van der Waals surface area contributed by atoms with Crippen molar-refractivity contribution in [3.8, 4) is 17.2 Å². The molecule has 0 saturated carbocycles. The van der Waals surface area contributed by atoms with E-state index in [9.17, 15) is 24.2 Å². The zero-order chi connectivity index (χ0) is 21.1. The van der Waals surface area contributed by atoms with Gasteiger partial charge in [-0.15, -0.1) is 0 Å². The van der Waals surface area contributed by atoms with Crippen molar-refractivity contribution >= 4 is 51.1 Å². The Morgan fingerprint density at radius 2 is 1.79 bits per heavy atom. The van der Waals surface area contributed by atoms with E-state index < -0.39 is 25.8 Å². The van der Waals surface area contributed by atoms with Crippen LogP contribution in [-0.2, 0) is 15.5 Å². The van der Waals surface area contributed by atoms with Crippen LogP contribution in [0.2, 0.25) is 0 Å². The average Bonchev–Trinajstić information content (AvgIpc) is 2.55. The van der Waals surface area contributed by atoms with Gasteiger partial charge in [0.2, 0.25) is 7.37 Å². The van der Waals surface area contributed by atoms with Crippen LogP contribution in [0.1, 0.15) is 15.9 Å². The van der Waals surface area contributed by atoms with E-state index in [0.717, 1.165) is 0 Å². The maximum Gasteiger partial charge on any atom is 0.322 e. The summed E-state index contributed by atoms with van der Waals surface area (Å²) < 4.78 is 18.4. The molecule has 1 unspecified atom stereocenters. The summed E-state index contributed by atoms with van der Waals surface area (Å²) in [4.78, 5) is 32.1. The van der Waals surface area contributed by atoms with Crippen LogP contribution in [0, 0.1) is 0 Å². The molecule has 0 aliphatic rings. The van der Waals surface area contributed by atoms with E-state index in [1.165, 1.54) is 24.9 Å². The van der Waals surface area contributed by atoms with Crippen molar-refractivity contribution in [1.29, 1.82) is 0 Å². The largest absolute Gasteiger partial charge is 0.507 e. The molecule has 0 spiro atoms. The molecule has 2 aromatic rings. The number of carboxylic acids is 1. The molecule has 0 heterocycles. The lowest BCUT2D eigenvalue weighted by Gasteiger charge is -2.14. The fraction of sp³-hybridized carbons (Fsp3) is 0.176. The van der Waals surface area contributed by atoms with E-state index in [2.05, 4.69) is 37.2 Å². The fourth-order valence-electron chi connectivity index (χ4n) is 2.27. The standard InChI is InChI=1S/C17H16Br2NO7P/c1-28(25,26)8-9-4-12(18)16(13(19)5-9)27-10-2-3-14(21)11(6-10)17(24)20-7-15(22)23/h2-6,21H,7-8H2,1H3,(H,20,24)(H,22,23)(H,25,26). The van der Waals surface area contributed by atoms with Gasteiger partial charge < -0.3 is 25.2 Å². The Bertz CT molecular complexity index is 951. The molecule has 0 fully saturated rings. The van der Waals surface area contributed by atoms with Gasteiger partial charge in [0.15, 0.2) is 5.75 Å². The molecule has 0 radical (unpaired) electrons. The second-order valence-corrected chi connectivity index (χ2v) is 10.1. The van der Waals surface area contributed by atoms with Crippen molar-refractivity contribution < 1.29 is 34.0 Å². The molecule has 8 nitrogen and oxygen atoms in total. The SMILES string of the molecule is CP(=O)(O)Cc1cc(Br)c(Oc2ccc(O)c(C(=O)NCC(=O)O)c2)c(Br)c1. The number of benzene rings is 2. The summed E-state index contributed by atoms with van der Waals surface area (Å²) in [6.07, 6.45) is -0.00239. The Hall–Kier alpha value is -1.87. The predicted molar refractivity (Wildman–Crippen MR) is 109 cm³/mol. The van der Waals surface area contributed by atoms with Crippen molar-refractivity contribution in [3.05, 3.63) is 50.4 Å². The van der Waals surface area contributed by atoms with E-state index in [0.29, 0.717) is 20.3 Å². The van der Waals surface area contributed by atoms with Crippen molar-refractivity contribution in [2.75, 3.05) is 13.2 Å². The van der Waals surface area contributed by atoms with E-state index >= 15 is 0 Å². The molecule has 150 valence electrons. The van der Waals surface area contributed by atoms with Gasteiger partial charge in [0, 0.05) is 12.8 Å². The van der Waals surface area contributed by atoms with Crippen LogP contribution in [0.15, 0.2) is 39.3 Å². The third kappa shape index (κ3) is 6.34. The lowest BCUT2D eigenvalue weighted by Crippen LogP contribution is -2.29. The van der Waals surface area contributed by atoms with Crippen molar-refractivity contribution in [3.63, 3.8) is 0 Å². The number of ether oxygens (including phenoxy) is 1. The summed E-state index contributed by atoms with van der Waals surface area (Å²) in [5.41, 5.74) is 0.480. The minimum absolute atomic E-state index is 0.00239. The Kier molecular flexibility index (Phi) is 7.28. The lowest BCUT2D eigenvalue weighted by molar-refractivity contribution is -0.135. The van der Waals surface area contributed by atoms with Crippen LogP contribution in [0.3, 0.4) is 0 Å². The lowest BCUT2D eigenvalue weighted by atomic mass is 10.1. The second-order valence-electron chi connectivity index (χ2n) is 5.96. The first-order chi connectivity index (χ1) is 13.0. The third-order valence-corrected chi connectivity index (χ3v) is 5.50. The Labute approximate surface area is 177 Å².